The number of rotatable bonds is 7. The number of hydrogen-bond acceptors (Lipinski definition) is 4. The van der Waals surface area contributed by atoms with Crippen molar-refractivity contribution in [2.45, 2.75) is 39.3 Å². The highest BCUT2D eigenvalue weighted by atomic mass is 16.5. The SMILES string of the molecule is CCc1c(C(=O)NCCN2CCOC(C)(C)C2)cnn1Cc1ccccc1. The number of morpholine rings is 1. The van der Waals surface area contributed by atoms with Crippen molar-refractivity contribution in [1.82, 2.24) is 20.0 Å². The molecular formula is C21H30N4O2. The van der Waals surface area contributed by atoms with Crippen LogP contribution in [0.4, 0.5) is 0 Å². The highest BCUT2D eigenvalue weighted by molar-refractivity contribution is 5.95. The summed E-state index contributed by atoms with van der Waals surface area (Å²) in [6, 6.07) is 10.2. The summed E-state index contributed by atoms with van der Waals surface area (Å²) >= 11 is 0. The Labute approximate surface area is 161 Å². The van der Waals surface area contributed by atoms with Crippen LogP contribution in [0, 0.1) is 0 Å². The molecule has 1 aromatic heterocycles. The molecule has 1 amide bonds. The number of ether oxygens (including phenoxy) is 1. The molecule has 3 rings (SSSR count). The summed E-state index contributed by atoms with van der Waals surface area (Å²) in [6.07, 6.45) is 2.46. The van der Waals surface area contributed by atoms with Crippen LogP contribution in [0.15, 0.2) is 36.5 Å². The van der Waals surface area contributed by atoms with Crippen LogP contribution in [0.1, 0.15) is 42.4 Å². The fourth-order valence-electron chi connectivity index (χ4n) is 3.59. The lowest BCUT2D eigenvalue weighted by atomic mass is 10.1. The van der Waals surface area contributed by atoms with Gasteiger partial charge in [0.2, 0.25) is 0 Å². The summed E-state index contributed by atoms with van der Waals surface area (Å²) < 4.78 is 7.66. The van der Waals surface area contributed by atoms with Gasteiger partial charge in [0, 0.05) is 26.2 Å². The van der Waals surface area contributed by atoms with E-state index < -0.39 is 0 Å². The van der Waals surface area contributed by atoms with E-state index in [2.05, 4.69) is 48.2 Å². The standard InChI is InChI=1S/C21H30N4O2/c1-4-19-18(14-23-25(19)15-17-8-6-5-7-9-17)20(26)22-10-11-24-12-13-27-21(2,3)16-24/h5-9,14H,4,10-13,15-16H2,1-3H3,(H,22,26). The third-order valence-corrected chi connectivity index (χ3v) is 4.92. The van der Waals surface area contributed by atoms with Gasteiger partial charge in [-0.1, -0.05) is 37.3 Å². The smallest absolute Gasteiger partial charge is 0.254 e. The van der Waals surface area contributed by atoms with Crippen molar-refractivity contribution in [1.29, 1.82) is 0 Å². The van der Waals surface area contributed by atoms with Crippen LogP contribution in [-0.2, 0) is 17.7 Å². The van der Waals surface area contributed by atoms with Crippen molar-refractivity contribution >= 4 is 5.91 Å². The van der Waals surface area contributed by atoms with Crippen molar-refractivity contribution < 1.29 is 9.53 Å². The van der Waals surface area contributed by atoms with Gasteiger partial charge in [0.25, 0.3) is 5.91 Å². The first-order chi connectivity index (χ1) is 13.0. The fourth-order valence-corrected chi connectivity index (χ4v) is 3.59. The first-order valence-corrected chi connectivity index (χ1v) is 9.71. The molecule has 1 aromatic carbocycles. The van der Waals surface area contributed by atoms with Gasteiger partial charge in [0.1, 0.15) is 0 Å². The molecule has 0 bridgehead atoms. The monoisotopic (exact) mass is 370 g/mol. The Balaban J connectivity index is 1.57. The molecule has 1 aliphatic heterocycles. The third kappa shape index (κ3) is 5.17. The first-order valence-electron chi connectivity index (χ1n) is 9.71. The molecule has 0 saturated carbocycles. The molecule has 0 radical (unpaired) electrons. The highest BCUT2D eigenvalue weighted by Crippen LogP contribution is 2.16. The average molecular weight is 370 g/mol. The van der Waals surface area contributed by atoms with Gasteiger partial charge < -0.3 is 10.1 Å². The lowest BCUT2D eigenvalue weighted by Gasteiger charge is -2.38. The minimum atomic E-state index is -0.115. The van der Waals surface area contributed by atoms with Crippen molar-refractivity contribution in [3.05, 3.63) is 53.3 Å². The molecule has 1 fully saturated rings. The van der Waals surface area contributed by atoms with Crippen LogP contribution in [0.3, 0.4) is 0 Å². The minimum Gasteiger partial charge on any atom is -0.373 e. The largest absolute Gasteiger partial charge is 0.373 e. The topological polar surface area (TPSA) is 59.4 Å². The molecule has 0 spiro atoms. The van der Waals surface area contributed by atoms with E-state index in [1.54, 1.807) is 6.20 Å². The van der Waals surface area contributed by atoms with Crippen LogP contribution < -0.4 is 5.32 Å². The number of carbonyl (C=O) groups excluding carboxylic acids is 1. The summed E-state index contributed by atoms with van der Waals surface area (Å²) in [4.78, 5) is 15.0. The van der Waals surface area contributed by atoms with Gasteiger partial charge in [-0.3, -0.25) is 14.4 Å². The number of hydrogen-bond donors (Lipinski definition) is 1. The lowest BCUT2D eigenvalue weighted by Crippen LogP contribution is -2.50. The van der Waals surface area contributed by atoms with Crippen LogP contribution in [0.2, 0.25) is 0 Å². The van der Waals surface area contributed by atoms with Crippen molar-refractivity contribution in [3.8, 4) is 0 Å². The Morgan fingerprint density at radius 3 is 2.78 bits per heavy atom. The van der Waals surface area contributed by atoms with Crippen molar-refractivity contribution in [2.24, 2.45) is 0 Å². The maximum atomic E-state index is 12.7. The highest BCUT2D eigenvalue weighted by Gasteiger charge is 2.26. The molecule has 146 valence electrons. The number of carbonyl (C=O) groups is 1. The second-order valence-electron chi connectivity index (χ2n) is 7.64. The Hall–Kier alpha value is -2.18. The number of nitrogens with zero attached hydrogens (tertiary/aromatic N) is 3. The molecule has 0 unspecified atom stereocenters. The van der Waals surface area contributed by atoms with E-state index in [1.165, 1.54) is 5.56 Å². The van der Waals surface area contributed by atoms with E-state index in [4.69, 9.17) is 4.74 Å². The molecule has 1 saturated heterocycles. The van der Waals surface area contributed by atoms with Crippen LogP contribution in [0.25, 0.3) is 0 Å². The number of benzene rings is 1. The summed E-state index contributed by atoms with van der Waals surface area (Å²) in [5, 5.41) is 7.50. The summed E-state index contributed by atoms with van der Waals surface area (Å²) in [5.41, 5.74) is 2.72. The van der Waals surface area contributed by atoms with Gasteiger partial charge in [-0.2, -0.15) is 5.10 Å². The Kier molecular flexibility index (Phi) is 6.29. The summed E-state index contributed by atoms with van der Waals surface area (Å²) in [7, 11) is 0. The zero-order valence-electron chi connectivity index (χ0n) is 16.6. The molecule has 6 nitrogen and oxygen atoms in total. The van der Waals surface area contributed by atoms with Crippen LogP contribution in [-0.4, -0.2) is 59.0 Å². The molecule has 0 atom stereocenters. The van der Waals surface area contributed by atoms with E-state index >= 15 is 0 Å². The lowest BCUT2D eigenvalue weighted by molar-refractivity contribution is -0.0853. The molecule has 0 aliphatic carbocycles. The number of aromatic nitrogens is 2. The van der Waals surface area contributed by atoms with Crippen molar-refractivity contribution in [3.63, 3.8) is 0 Å². The zero-order chi connectivity index (χ0) is 19.3. The molecule has 2 aromatic rings. The predicted molar refractivity (Wildman–Crippen MR) is 106 cm³/mol. The van der Waals surface area contributed by atoms with Gasteiger partial charge in [-0.15, -0.1) is 0 Å². The Bertz CT molecular complexity index is 755. The van der Waals surface area contributed by atoms with E-state index in [9.17, 15) is 4.79 Å². The zero-order valence-corrected chi connectivity index (χ0v) is 16.6. The molecule has 6 heteroatoms. The second-order valence-corrected chi connectivity index (χ2v) is 7.64. The van der Waals surface area contributed by atoms with Crippen LogP contribution >= 0.6 is 0 Å². The summed E-state index contributed by atoms with van der Waals surface area (Å²) in [5.74, 6) is -0.0429. The molecule has 27 heavy (non-hydrogen) atoms. The van der Waals surface area contributed by atoms with Gasteiger partial charge in [0.15, 0.2) is 0 Å². The quantitative estimate of drug-likeness (QED) is 0.813. The normalized spacial score (nSPS) is 17.0. The number of nitrogens with one attached hydrogen (secondary N) is 1. The predicted octanol–water partition coefficient (Wildman–Crippen LogP) is 2.33. The Morgan fingerprint density at radius 1 is 1.30 bits per heavy atom. The minimum absolute atomic E-state index is 0.0429. The molecule has 2 heterocycles. The maximum Gasteiger partial charge on any atom is 0.254 e. The van der Waals surface area contributed by atoms with E-state index in [1.807, 2.05) is 22.9 Å². The third-order valence-electron chi connectivity index (χ3n) is 4.92. The van der Waals surface area contributed by atoms with E-state index in [-0.39, 0.29) is 11.5 Å². The van der Waals surface area contributed by atoms with E-state index in [0.717, 1.165) is 38.4 Å². The first kappa shape index (κ1) is 19.6. The fraction of sp³-hybridized carbons (Fsp3) is 0.524. The summed E-state index contributed by atoms with van der Waals surface area (Å²) in [6.45, 7) is 10.9. The van der Waals surface area contributed by atoms with Crippen LogP contribution in [0.5, 0.6) is 0 Å². The van der Waals surface area contributed by atoms with Gasteiger partial charge in [0.05, 0.1) is 36.2 Å². The Morgan fingerprint density at radius 2 is 2.07 bits per heavy atom. The number of amides is 1. The van der Waals surface area contributed by atoms with Gasteiger partial charge >= 0.3 is 0 Å². The van der Waals surface area contributed by atoms with E-state index in [0.29, 0.717) is 18.7 Å². The maximum absolute atomic E-state index is 12.7. The van der Waals surface area contributed by atoms with Crippen molar-refractivity contribution in [2.75, 3.05) is 32.8 Å². The molecular weight excluding hydrogens is 340 g/mol. The van der Waals surface area contributed by atoms with Gasteiger partial charge in [-0.05, 0) is 25.8 Å². The molecule has 1 N–H and O–H groups in total. The molecule has 1 aliphatic rings. The second kappa shape index (κ2) is 8.67. The average Bonchev–Trinajstić information content (AvgIpc) is 3.04. The van der Waals surface area contributed by atoms with Gasteiger partial charge in [-0.25, -0.2) is 0 Å².